The molecule has 190 valence electrons. The van der Waals surface area contributed by atoms with E-state index in [0.29, 0.717) is 23.7 Å². The van der Waals surface area contributed by atoms with E-state index in [1.165, 1.54) is 67.4 Å². The van der Waals surface area contributed by atoms with Crippen LogP contribution in [0.25, 0.3) is 0 Å². The van der Waals surface area contributed by atoms with Gasteiger partial charge in [-0.2, -0.15) is 0 Å². The van der Waals surface area contributed by atoms with Crippen LogP contribution in [0.3, 0.4) is 0 Å². The van der Waals surface area contributed by atoms with Crippen LogP contribution in [-0.2, 0) is 9.59 Å². The molecule has 0 aliphatic heterocycles. The molecule has 0 saturated heterocycles. The first kappa shape index (κ1) is 28.3. The summed E-state index contributed by atoms with van der Waals surface area (Å²) < 4.78 is 0. The van der Waals surface area contributed by atoms with Gasteiger partial charge in [-0.1, -0.05) is 63.6 Å². The summed E-state index contributed by atoms with van der Waals surface area (Å²) in [5.74, 6) is 0.598. The van der Waals surface area contributed by atoms with Crippen molar-refractivity contribution in [3.8, 4) is 0 Å². The number of ketones is 1. The highest BCUT2D eigenvalue weighted by Crippen LogP contribution is 2.58. The molecule has 3 nitrogen and oxygen atoms in total. The Bertz CT molecular complexity index is 815. The first-order chi connectivity index (χ1) is 16.3. The molecule has 3 rings (SSSR count). The van der Waals surface area contributed by atoms with E-state index in [1.54, 1.807) is 25.7 Å². The van der Waals surface area contributed by atoms with Crippen molar-refractivity contribution in [3.05, 3.63) is 47.6 Å². The van der Waals surface area contributed by atoms with Gasteiger partial charge in [-0.25, -0.2) is 0 Å². The van der Waals surface area contributed by atoms with E-state index in [4.69, 9.17) is 0 Å². The minimum atomic E-state index is -0.542. The number of amides is 1. The lowest BCUT2D eigenvalue weighted by Gasteiger charge is -2.42. The predicted octanol–water partition coefficient (Wildman–Crippen LogP) is 7.84. The Morgan fingerprint density at radius 2 is 1.79 bits per heavy atom. The van der Waals surface area contributed by atoms with Crippen molar-refractivity contribution in [2.24, 2.45) is 23.2 Å². The molecule has 3 fully saturated rings. The maximum Gasteiger partial charge on any atom is 0.232 e. The molecule has 0 aromatic rings. The molecule has 3 unspecified atom stereocenters. The summed E-state index contributed by atoms with van der Waals surface area (Å²) in [5, 5.41) is 0. The summed E-state index contributed by atoms with van der Waals surface area (Å²) in [5.41, 5.74) is 4.76. The average Bonchev–Trinajstić information content (AvgIpc) is 3.17. The summed E-state index contributed by atoms with van der Waals surface area (Å²) in [6.45, 7) is 12.7. The van der Waals surface area contributed by atoms with Gasteiger partial charge in [-0.05, 0) is 99.5 Å². The molecule has 4 atom stereocenters. The number of hydrogen-bond acceptors (Lipinski definition) is 2. The van der Waals surface area contributed by atoms with Crippen LogP contribution in [0.2, 0.25) is 0 Å². The third-order valence-corrected chi connectivity index (χ3v) is 8.48. The van der Waals surface area contributed by atoms with Crippen LogP contribution in [0.4, 0.5) is 0 Å². The van der Waals surface area contributed by atoms with Gasteiger partial charge < -0.3 is 4.90 Å². The number of hydrogen-bond donors (Lipinski definition) is 0. The molecule has 3 aliphatic carbocycles. The number of allylic oxidation sites excluding steroid dienone is 7. The standard InChI is InChI=1S/C29H43NO2.C2H6/c1-6-25(28(32)30(4)5)27(31)15-9-14-24-18-19-26-23(13-10-20-29(24,26)3)17-16-22-12-8-7-11-21(22)2;1-2/h9,15-17,24-26H,2,6-8,10-14,18-20H2,1,3-5H3;1-2H3/b15-9+,22-16-,23-17+;/t24?,25-,26?,29?;/m0./s1. The minimum Gasteiger partial charge on any atom is -0.348 e. The van der Waals surface area contributed by atoms with Gasteiger partial charge in [0, 0.05) is 14.1 Å². The topological polar surface area (TPSA) is 37.4 Å². The van der Waals surface area contributed by atoms with E-state index in [1.807, 2.05) is 20.8 Å². The van der Waals surface area contributed by atoms with Gasteiger partial charge in [-0.3, -0.25) is 9.59 Å². The molecule has 0 heterocycles. The molecule has 1 amide bonds. The van der Waals surface area contributed by atoms with Gasteiger partial charge in [0.25, 0.3) is 0 Å². The molecule has 34 heavy (non-hydrogen) atoms. The van der Waals surface area contributed by atoms with E-state index < -0.39 is 5.92 Å². The quantitative estimate of drug-likeness (QED) is 0.282. The molecule has 3 saturated carbocycles. The van der Waals surface area contributed by atoms with Crippen molar-refractivity contribution in [2.45, 2.75) is 98.3 Å². The lowest BCUT2D eigenvalue weighted by atomic mass is 9.63. The zero-order valence-corrected chi connectivity index (χ0v) is 22.8. The molecular weight excluding hydrogens is 418 g/mol. The van der Waals surface area contributed by atoms with Crippen LogP contribution in [0.1, 0.15) is 98.3 Å². The second-order valence-electron chi connectivity index (χ2n) is 10.7. The Hall–Kier alpha value is -1.90. The third-order valence-electron chi connectivity index (χ3n) is 8.48. The second-order valence-corrected chi connectivity index (χ2v) is 10.7. The highest BCUT2D eigenvalue weighted by molar-refractivity contribution is 6.06. The Labute approximate surface area is 209 Å². The van der Waals surface area contributed by atoms with Crippen LogP contribution >= 0.6 is 0 Å². The average molecular weight is 468 g/mol. The Morgan fingerprint density at radius 3 is 2.44 bits per heavy atom. The smallest absolute Gasteiger partial charge is 0.232 e. The van der Waals surface area contributed by atoms with Crippen molar-refractivity contribution in [3.63, 3.8) is 0 Å². The Morgan fingerprint density at radius 1 is 1.09 bits per heavy atom. The lowest BCUT2D eigenvalue weighted by Crippen LogP contribution is -2.34. The maximum atomic E-state index is 12.6. The zero-order valence-electron chi connectivity index (χ0n) is 22.8. The molecule has 0 N–H and O–H groups in total. The normalized spacial score (nSPS) is 30.1. The fourth-order valence-electron chi connectivity index (χ4n) is 6.41. The number of rotatable bonds is 7. The highest BCUT2D eigenvalue weighted by atomic mass is 16.2. The molecule has 0 bridgehead atoms. The van der Waals surface area contributed by atoms with Gasteiger partial charge in [0.2, 0.25) is 5.91 Å². The molecule has 0 radical (unpaired) electrons. The van der Waals surface area contributed by atoms with Crippen molar-refractivity contribution >= 4 is 11.7 Å². The zero-order chi connectivity index (χ0) is 25.3. The SMILES string of the molecule is C=C1CCCC/C1=C/C=C1\CCCC2(C)C(C/C=C/C(=O)[C@H](CC)C(=O)N(C)C)CCC12.CC. The number of carbonyl (C=O) groups is 2. The van der Waals surface area contributed by atoms with Crippen molar-refractivity contribution in [1.82, 2.24) is 4.90 Å². The molecule has 0 aromatic carbocycles. The van der Waals surface area contributed by atoms with Crippen LogP contribution in [-0.4, -0.2) is 30.7 Å². The summed E-state index contributed by atoms with van der Waals surface area (Å²) in [6, 6.07) is 0. The van der Waals surface area contributed by atoms with Crippen LogP contribution in [0.15, 0.2) is 47.6 Å². The molecule has 3 heteroatoms. The number of fused-ring (bicyclic) bond motifs is 1. The predicted molar refractivity (Wildman–Crippen MR) is 145 cm³/mol. The van der Waals surface area contributed by atoms with E-state index in [-0.39, 0.29) is 11.7 Å². The number of carbonyl (C=O) groups excluding carboxylic acids is 2. The monoisotopic (exact) mass is 467 g/mol. The molecular formula is C31H49NO2. The molecule has 0 aromatic heterocycles. The van der Waals surface area contributed by atoms with E-state index in [2.05, 4.69) is 31.7 Å². The lowest BCUT2D eigenvalue weighted by molar-refractivity contribution is -0.137. The third kappa shape index (κ3) is 6.61. The van der Waals surface area contributed by atoms with Crippen molar-refractivity contribution in [2.75, 3.05) is 14.1 Å². The largest absolute Gasteiger partial charge is 0.348 e. The Kier molecular flexibility index (Phi) is 11.1. The van der Waals surface area contributed by atoms with Gasteiger partial charge >= 0.3 is 0 Å². The molecule has 3 aliphatic rings. The summed E-state index contributed by atoms with van der Waals surface area (Å²) >= 11 is 0. The Balaban J connectivity index is 0.00000199. The summed E-state index contributed by atoms with van der Waals surface area (Å²) in [7, 11) is 3.44. The second kappa shape index (κ2) is 13.3. The van der Waals surface area contributed by atoms with E-state index in [0.717, 1.165) is 12.8 Å². The van der Waals surface area contributed by atoms with Crippen LogP contribution in [0, 0.1) is 23.2 Å². The summed E-state index contributed by atoms with van der Waals surface area (Å²) in [4.78, 5) is 26.4. The van der Waals surface area contributed by atoms with Crippen LogP contribution in [0.5, 0.6) is 0 Å². The summed E-state index contributed by atoms with van der Waals surface area (Å²) in [6.07, 6.45) is 21.2. The molecule has 0 spiro atoms. The van der Waals surface area contributed by atoms with Gasteiger partial charge in [0.15, 0.2) is 5.78 Å². The van der Waals surface area contributed by atoms with Gasteiger partial charge in [-0.15, -0.1) is 0 Å². The van der Waals surface area contributed by atoms with Crippen molar-refractivity contribution < 1.29 is 9.59 Å². The maximum absolute atomic E-state index is 12.6. The van der Waals surface area contributed by atoms with E-state index in [9.17, 15) is 9.59 Å². The van der Waals surface area contributed by atoms with Crippen molar-refractivity contribution in [1.29, 1.82) is 0 Å². The first-order valence-electron chi connectivity index (χ1n) is 13.8. The number of nitrogens with zero attached hydrogens (tertiary/aromatic N) is 1. The van der Waals surface area contributed by atoms with Gasteiger partial charge in [0.05, 0.1) is 0 Å². The van der Waals surface area contributed by atoms with Crippen LogP contribution < -0.4 is 0 Å². The fraction of sp³-hybridized carbons (Fsp3) is 0.677. The highest BCUT2D eigenvalue weighted by Gasteiger charge is 2.48. The minimum absolute atomic E-state index is 0.0468. The fourth-order valence-corrected chi connectivity index (χ4v) is 6.41. The van der Waals surface area contributed by atoms with E-state index >= 15 is 0 Å². The first-order valence-corrected chi connectivity index (χ1v) is 13.8. The van der Waals surface area contributed by atoms with Gasteiger partial charge in [0.1, 0.15) is 5.92 Å².